The molecule has 0 saturated carbocycles. The number of hydrogen-bond acceptors (Lipinski definition) is 4. The Labute approximate surface area is 121 Å². The Hall–Kier alpha value is -2.83. The summed E-state index contributed by atoms with van der Waals surface area (Å²) in [4.78, 5) is 12.0. The van der Waals surface area contributed by atoms with E-state index in [1.54, 1.807) is 27.7 Å². The van der Waals surface area contributed by atoms with Crippen molar-refractivity contribution >= 4 is 5.91 Å². The van der Waals surface area contributed by atoms with Crippen LogP contribution >= 0.6 is 0 Å². The third-order valence-electron chi connectivity index (χ3n) is 2.96. The van der Waals surface area contributed by atoms with Gasteiger partial charge in [0.05, 0.1) is 18.8 Å². The van der Waals surface area contributed by atoms with Gasteiger partial charge in [-0.25, -0.2) is 0 Å². The summed E-state index contributed by atoms with van der Waals surface area (Å²) in [6.45, 7) is 0.870. The Morgan fingerprint density at radius 2 is 2.24 bits per heavy atom. The molecular weight excluding hydrogens is 270 g/mol. The number of aryl methyl sites for hydroxylation is 1. The summed E-state index contributed by atoms with van der Waals surface area (Å²) < 4.78 is 8.94. The quantitative estimate of drug-likeness (QED) is 0.763. The molecule has 1 amide bonds. The summed E-state index contributed by atoms with van der Waals surface area (Å²) in [5.74, 6) is 0.710. The van der Waals surface area contributed by atoms with Gasteiger partial charge in [0.2, 0.25) is 0 Å². The van der Waals surface area contributed by atoms with Gasteiger partial charge in [-0.15, -0.1) is 0 Å². The topological polar surface area (TPSA) is 77.9 Å². The van der Waals surface area contributed by atoms with Crippen LogP contribution in [0.5, 0.6) is 0 Å². The van der Waals surface area contributed by atoms with E-state index in [1.807, 2.05) is 31.6 Å². The number of hydrogen-bond donors (Lipinski definition) is 1. The highest BCUT2D eigenvalue weighted by atomic mass is 16.4. The second-order valence-electron chi connectivity index (χ2n) is 4.63. The van der Waals surface area contributed by atoms with Gasteiger partial charge in [0.15, 0.2) is 5.76 Å². The maximum absolute atomic E-state index is 12.0. The first kappa shape index (κ1) is 13.2. The molecule has 0 saturated heterocycles. The van der Waals surface area contributed by atoms with E-state index in [0.29, 0.717) is 18.8 Å². The number of amides is 1. The summed E-state index contributed by atoms with van der Waals surface area (Å²) in [6, 6.07) is 7.12. The predicted octanol–water partition coefficient (Wildman–Crippen LogP) is 1.19. The van der Waals surface area contributed by atoms with Crippen LogP contribution in [0, 0.1) is 0 Å². The van der Waals surface area contributed by atoms with E-state index < -0.39 is 0 Å². The monoisotopic (exact) mass is 285 g/mol. The first-order valence-electron chi connectivity index (χ1n) is 6.53. The van der Waals surface area contributed by atoms with E-state index in [0.717, 1.165) is 5.69 Å². The lowest BCUT2D eigenvalue weighted by Gasteiger charge is -2.01. The fourth-order valence-electron chi connectivity index (χ4n) is 1.95. The van der Waals surface area contributed by atoms with Gasteiger partial charge in [0.1, 0.15) is 5.76 Å². The SMILES string of the molecule is Cn1ccc(CNC(=O)c2ccc(Cn3cccn3)o2)n1. The van der Waals surface area contributed by atoms with Crippen molar-refractivity contribution in [2.45, 2.75) is 13.1 Å². The molecule has 3 heterocycles. The van der Waals surface area contributed by atoms with Crippen LogP contribution in [-0.2, 0) is 20.1 Å². The van der Waals surface area contributed by atoms with E-state index in [2.05, 4.69) is 15.5 Å². The summed E-state index contributed by atoms with van der Waals surface area (Å²) in [5.41, 5.74) is 0.800. The highest BCUT2D eigenvalue weighted by Gasteiger charge is 2.11. The zero-order valence-corrected chi connectivity index (χ0v) is 11.6. The molecule has 7 heteroatoms. The van der Waals surface area contributed by atoms with Crippen LogP contribution in [0.15, 0.2) is 47.3 Å². The lowest BCUT2D eigenvalue weighted by atomic mass is 10.4. The number of rotatable bonds is 5. The minimum Gasteiger partial charge on any atom is -0.454 e. The minimum atomic E-state index is -0.257. The summed E-state index contributed by atoms with van der Waals surface area (Å²) in [5, 5.41) is 11.1. The molecule has 0 aliphatic rings. The van der Waals surface area contributed by atoms with Gasteiger partial charge in [0.25, 0.3) is 5.91 Å². The van der Waals surface area contributed by atoms with Crippen LogP contribution in [-0.4, -0.2) is 25.5 Å². The van der Waals surface area contributed by atoms with Crippen molar-refractivity contribution < 1.29 is 9.21 Å². The third kappa shape index (κ3) is 3.19. The smallest absolute Gasteiger partial charge is 0.287 e. The molecular formula is C14H15N5O2. The Bertz CT molecular complexity index is 726. The highest BCUT2D eigenvalue weighted by Crippen LogP contribution is 2.09. The largest absolute Gasteiger partial charge is 0.454 e. The Kier molecular flexibility index (Phi) is 3.55. The van der Waals surface area contributed by atoms with Gasteiger partial charge >= 0.3 is 0 Å². The van der Waals surface area contributed by atoms with E-state index in [1.165, 1.54) is 0 Å². The maximum Gasteiger partial charge on any atom is 0.287 e. The molecule has 0 fully saturated rings. The lowest BCUT2D eigenvalue weighted by Crippen LogP contribution is -2.22. The van der Waals surface area contributed by atoms with Crippen molar-refractivity contribution in [2.75, 3.05) is 0 Å². The number of furan rings is 1. The fourth-order valence-corrected chi connectivity index (χ4v) is 1.95. The molecule has 0 aliphatic heterocycles. The Balaban J connectivity index is 1.58. The molecule has 0 spiro atoms. The van der Waals surface area contributed by atoms with Gasteiger partial charge < -0.3 is 9.73 Å². The molecule has 0 atom stereocenters. The van der Waals surface area contributed by atoms with Gasteiger partial charge in [-0.3, -0.25) is 14.2 Å². The number of carbonyl (C=O) groups is 1. The normalized spacial score (nSPS) is 10.7. The highest BCUT2D eigenvalue weighted by molar-refractivity contribution is 5.91. The zero-order chi connectivity index (χ0) is 14.7. The lowest BCUT2D eigenvalue weighted by molar-refractivity contribution is 0.0920. The first-order valence-corrected chi connectivity index (χ1v) is 6.53. The molecule has 7 nitrogen and oxygen atoms in total. The van der Waals surface area contributed by atoms with Crippen molar-refractivity contribution in [3.63, 3.8) is 0 Å². The molecule has 3 rings (SSSR count). The van der Waals surface area contributed by atoms with Crippen LogP contribution in [0.3, 0.4) is 0 Å². The van der Waals surface area contributed by atoms with Crippen molar-refractivity contribution in [1.29, 1.82) is 0 Å². The predicted molar refractivity (Wildman–Crippen MR) is 74.4 cm³/mol. The molecule has 0 bridgehead atoms. The summed E-state index contributed by atoms with van der Waals surface area (Å²) >= 11 is 0. The van der Waals surface area contributed by atoms with Crippen molar-refractivity contribution in [3.8, 4) is 0 Å². The van der Waals surface area contributed by atoms with Crippen LogP contribution in [0.25, 0.3) is 0 Å². The number of nitrogens with zero attached hydrogens (tertiary/aromatic N) is 4. The van der Waals surface area contributed by atoms with Crippen molar-refractivity contribution in [2.24, 2.45) is 7.05 Å². The molecule has 0 aromatic carbocycles. The zero-order valence-electron chi connectivity index (χ0n) is 11.6. The van der Waals surface area contributed by atoms with E-state index in [9.17, 15) is 4.79 Å². The second-order valence-corrected chi connectivity index (χ2v) is 4.63. The van der Waals surface area contributed by atoms with E-state index >= 15 is 0 Å². The van der Waals surface area contributed by atoms with Crippen molar-refractivity contribution in [1.82, 2.24) is 24.9 Å². The minimum absolute atomic E-state index is 0.257. The molecule has 0 unspecified atom stereocenters. The summed E-state index contributed by atoms with van der Waals surface area (Å²) in [7, 11) is 1.83. The third-order valence-corrected chi connectivity index (χ3v) is 2.96. The van der Waals surface area contributed by atoms with Gasteiger partial charge in [-0.05, 0) is 24.3 Å². The average molecular weight is 285 g/mol. The first-order chi connectivity index (χ1) is 10.2. The average Bonchev–Trinajstić information content (AvgIpc) is 3.19. The van der Waals surface area contributed by atoms with Crippen LogP contribution in [0.2, 0.25) is 0 Å². The number of carbonyl (C=O) groups excluding carboxylic acids is 1. The second kappa shape index (κ2) is 5.66. The molecule has 0 aliphatic carbocycles. The van der Waals surface area contributed by atoms with Crippen LogP contribution < -0.4 is 5.32 Å². The van der Waals surface area contributed by atoms with Gasteiger partial charge in [0, 0.05) is 25.6 Å². The Morgan fingerprint density at radius 3 is 2.95 bits per heavy atom. The molecule has 1 N–H and O–H groups in total. The number of aromatic nitrogens is 4. The molecule has 21 heavy (non-hydrogen) atoms. The fraction of sp³-hybridized carbons (Fsp3) is 0.214. The van der Waals surface area contributed by atoms with E-state index in [4.69, 9.17) is 4.42 Å². The summed E-state index contributed by atoms with van der Waals surface area (Å²) in [6.07, 6.45) is 5.36. The molecule has 3 aromatic heterocycles. The molecule has 0 radical (unpaired) electrons. The standard InChI is InChI=1S/C14H15N5O2/c1-18-8-5-11(17-18)9-15-14(20)13-4-3-12(21-13)10-19-7-2-6-16-19/h2-8H,9-10H2,1H3,(H,15,20). The van der Waals surface area contributed by atoms with Crippen LogP contribution in [0.4, 0.5) is 0 Å². The van der Waals surface area contributed by atoms with E-state index in [-0.39, 0.29) is 11.7 Å². The van der Waals surface area contributed by atoms with Gasteiger partial charge in [-0.2, -0.15) is 10.2 Å². The molecule has 3 aromatic rings. The van der Waals surface area contributed by atoms with Gasteiger partial charge in [-0.1, -0.05) is 0 Å². The van der Waals surface area contributed by atoms with Crippen molar-refractivity contribution in [3.05, 3.63) is 60.1 Å². The molecule has 108 valence electrons. The van der Waals surface area contributed by atoms with Crippen LogP contribution in [0.1, 0.15) is 22.0 Å². The number of nitrogens with one attached hydrogen (secondary N) is 1. The Morgan fingerprint density at radius 1 is 1.33 bits per heavy atom. The maximum atomic E-state index is 12.0.